The molecule has 2 aliphatic rings. The van der Waals surface area contributed by atoms with Gasteiger partial charge in [-0.3, -0.25) is 0 Å². The zero-order valence-corrected chi connectivity index (χ0v) is 11.5. The summed E-state index contributed by atoms with van der Waals surface area (Å²) in [6.07, 6.45) is 2.44. The monoisotopic (exact) mass is 255 g/mol. The number of nitrogens with zero attached hydrogens (tertiary/aromatic N) is 1. The Labute approximate surface area is 109 Å². The maximum atomic E-state index is 12.0. The third-order valence-corrected chi connectivity index (χ3v) is 4.09. The lowest BCUT2D eigenvalue weighted by Gasteiger charge is -2.40. The van der Waals surface area contributed by atoms with Crippen LogP contribution in [0.15, 0.2) is 0 Å². The van der Waals surface area contributed by atoms with Crippen LogP contribution < -0.4 is 10.6 Å². The van der Waals surface area contributed by atoms with Crippen LogP contribution in [0.2, 0.25) is 0 Å². The van der Waals surface area contributed by atoms with Gasteiger partial charge in [-0.25, -0.2) is 4.79 Å². The summed E-state index contributed by atoms with van der Waals surface area (Å²) in [5.74, 6) is 0. The number of amides is 2. The molecule has 0 aliphatic carbocycles. The summed E-state index contributed by atoms with van der Waals surface area (Å²) in [5.41, 5.74) is 0.260. The number of piperidine rings is 1. The van der Waals surface area contributed by atoms with Crippen LogP contribution in [0.25, 0.3) is 0 Å². The average molecular weight is 255 g/mol. The Hall–Kier alpha value is -0.810. The average Bonchev–Trinajstić information content (AvgIpc) is 2.38. The Morgan fingerprint density at radius 2 is 2.17 bits per heavy atom. The molecule has 2 N–H and O–H groups in total. The second kappa shape index (κ2) is 5.89. The minimum atomic E-state index is 0.0430. The highest BCUT2D eigenvalue weighted by Gasteiger charge is 2.32. The molecule has 0 saturated carbocycles. The Kier molecular flexibility index (Phi) is 4.45. The lowest BCUT2D eigenvalue weighted by atomic mass is 9.77. The number of hydrogen-bond donors (Lipinski definition) is 2. The molecule has 1 atom stereocenters. The number of nitrogens with one attached hydrogen (secondary N) is 2. The molecule has 2 amide bonds. The van der Waals surface area contributed by atoms with Gasteiger partial charge in [0.05, 0.1) is 13.2 Å². The van der Waals surface area contributed by atoms with E-state index in [1.54, 1.807) is 0 Å². The first-order chi connectivity index (χ1) is 8.59. The van der Waals surface area contributed by atoms with Gasteiger partial charge in [-0.1, -0.05) is 13.8 Å². The van der Waals surface area contributed by atoms with Gasteiger partial charge in [0.1, 0.15) is 0 Å². The van der Waals surface area contributed by atoms with Crippen molar-refractivity contribution in [1.82, 2.24) is 15.5 Å². The number of carbonyl (C=O) groups is 1. The molecule has 0 aromatic heterocycles. The maximum absolute atomic E-state index is 12.0. The summed E-state index contributed by atoms with van der Waals surface area (Å²) in [4.78, 5) is 13.8. The standard InChI is InChI=1S/C13H25N3O2/c1-13(2)4-3-5-14-11(13)10-15-12(17)16-6-8-18-9-7-16/h11,14H,3-10H2,1-2H3,(H,15,17). The van der Waals surface area contributed by atoms with E-state index in [0.29, 0.717) is 38.9 Å². The van der Waals surface area contributed by atoms with Crippen LogP contribution in [-0.4, -0.2) is 56.4 Å². The molecular formula is C13H25N3O2. The van der Waals surface area contributed by atoms with E-state index in [2.05, 4.69) is 24.5 Å². The molecule has 5 heteroatoms. The molecule has 5 nitrogen and oxygen atoms in total. The van der Waals surface area contributed by atoms with Crippen molar-refractivity contribution in [1.29, 1.82) is 0 Å². The highest BCUT2D eigenvalue weighted by Crippen LogP contribution is 2.29. The number of urea groups is 1. The van der Waals surface area contributed by atoms with E-state index in [-0.39, 0.29) is 11.4 Å². The van der Waals surface area contributed by atoms with Gasteiger partial charge in [0.15, 0.2) is 0 Å². The number of ether oxygens (including phenoxy) is 1. The van der Waals surface area contributed by atoms with Gasteiger partial charge in [-0.05, 0) is 24.8 Å². The fraction of sp³-hybridized carbons (Fsp3) is 0.923. The molecular weight excluding hydrogens is 230 g/mol. The largest absolute Gasteiger partial charge is 0.378 e. The Balaban J connectivity index is 1.77. The van der Waals surface area contributed by atoms with E-state index >= 15 is 0 Å². The first kappa shape index (κ1) is 13.6. The number of morpholine rings is 1. The highest BCUT2D eigenvalue weighted by atomic mass is 16.5. The van der Waals surface area contributed by atoms with Crippen molar-refractivity contribution in [3.05, 3.63) is 0 Å². The quantitative estimate of drug-likeness (QED) is 0.767. The second-order valence-electron chi connectivity index (χ2n) is 5.88. The van der Waals surface area contributed by atoms with Crippen LogP contribution in [0.4, 0.5) is 4.79 Å². The lowest BCUT2D eigenvalue weighted by molar-refractivity contribution is 0.0525. The topological polar surface area (TPSA) is 53.6 Å². The van der Waals surface area contributed by atoms with Crippen molar-refractivity contribution in [2.24, 2.45) is 5.41 Å². The summed E-state index contributed by atoms with van der Waals surface area (Å²) in [6, 6.07) is 0.415. The summed E-state index contributed by atoms with van der Waals surface area (Å²) in [6.45, 7) is 9.02. The lowest BCUT2D eigenvalue weighted by Crippen LogP contribution is -2.55. The summed E-state index contributed by atoms with van der Waals surface area (Å²) in [7, 11) is 0. The number of hydrogen-bond acceptors (Lipinski definition) is 3. The molecule has 0 spiro atoms. The van der Waals surface area contributed by atoms with Crippen molar-refractivity contribution in [3.8, 4) is 0 Å². The molecule has 0 bridgehead atoms. The van der Waals surface area contributed by atoms with Gasteiger partial charge < -0.3 is 20.3 Å². The molecule has 2 rings (SSSR count). The number of rotatable bonds is 2. The maximum Gasteiger partial charge on any atom is 0.317 e. The van der Waals surface area contributed by atoms with E-state index < -0.39 is 0 Å². The van der Waals surface area contributed by atoms with Gasteiger partial charge in [0.25, 0.3) is 0 Å². The predicted molar refractivity (Wildman–Crippen MR) is 70.6 cm³/mol. The van der Waals surface area contributed by atoms with Crippen LogP contribution in [-0.2, 0) is 4.74 Å². The van der Waals surface area contributed by atoms with Gasteiger partial charge in [0, 0.05) is 25.7 Å². The molecule has 104 valence electrons. The summed E-state index contributed by atoms with van der Waals surface area (Å²) >= 11 is 0. The summed E-state index contributed by atoms with van der Waals surface area (Å²) < 4.78 is 5.24. The fourth-order valence-electron chi connectivity index (χ4n) is 2.69. The normalized spacial score (nSPS) is 27.9. The van der Waals surface area contributed by atoms with Crippen molar-refractivity contribution >= 4 is 6.03 Å². The zero-order valence-electron chi connectivity index (χ0n) is 11.5. The first-order valence-electron chi connectivity index (χ1n) is 6.93. The molecule has 18 heavy (non-hydrogen) atoms. The van der Waals surface area contributed by atoms with Crippen LogP contribution >= 0.6 is 0 Å². The van der Waals surface area contributed by atoms with Crippen LogP contribution in [0.5, 0.6) is 0 Å². The SMILES string of the molecule is CC1(C)CCCNC1CNC(=O)N1CCOCC1. The Morgan fingerprint density at radius 3 is 2.83 bits per heavy atom. The molecule has 2 aliphatic heterocycles. The zero-order chi connectivity index (χ0) is 13.0. The van der Waals surface area contributed by atoms with E-state index in [1.807, 2.05) is 4.90 Å². The van der Waals surface area contributed by atoms with Crippen LogP contribution in [0, 0.1) is 5.41 Å². The third kappa shape index (κ3) is 3.36. The van der Waals surface area contributed by atoms with E-state index in [1.165, 1.54) is 12.8 Å². The smallest absolute Gasteiger partial charge is 0.317 e. The Bertz CT molecular complexity index is 288. The molecule has 2 fully saturated rings. The molecule has 1 unspecified atom stereocenters. The molecule has 0 radical (unpaired) electrons. The minimum Gasteiger partial charge on any atom is -0.378 e. The predicted octanol–water partition coefficient (Wildman–Crippen LogP) is 0.806. The van der Waals surface area contributed by atoms with E-state index in [4.69, 9.17) is 4.74 Å². The van der Waals surface area contributed by atoms with Gasteiger partial charge in [0.2, 0.25) is 0 Å². The van der Waals surface area contributed by atoms with Gasteiger partial charge in [-0.15, -0.1) is 0 Å². The third-order valence-electron chi connectivity index (χ3n) is 4.09. The molecule has 2 heterocycles. The summed E-state index contributed by atoms with van der Waals surface area (Å²) in [5, 5.41) is 6.56. The van der Waals surface area contributed by atoms with Crippen molar-refractivity contribution < 1.29 is 9.53 Å². The number of carbonyl (C=O) groups excluding carboxylic acids is 1. The minimum absolute atomic E-state index is 0.0430. The molecule has 0 aromatic rings. The molecule has 0 aromatic carbocycles. The van der Waals surface area contributed by atoms with E-state index in [0.717, 1.165) is 6.54 Å². The van der Waals surface area contributed by atoms with Gasteiger partial charge in [-0.2, -0.15) is 0 Å². The van der Waals surface area contributed by atoms with Crippen molar-refractivity contribution in [2.75, 3.05) is 39.4 Å². The van der Waals surface area contributed by atoms with E-state index in [9.17, 15) is 4.79 Å². The van der Waals surface area contributed by atoms with Gasteiger partial charge >= 0.3 is 6.03 Å². The molecule has 2 saturated heterocycles. The first-order valence-corrected chi connectivity index (χ1v) is 6.93. The van der Waals surface area contributed by atoms with Crippen molar-refractivity contribution in [3.63, 3.8) is 0 Å². The van der Waals surface area contributed by atoms with Crippen LogP contribution in [0.3, 0.4) is 0 Å². The Morgan fingerprint density at radius 1 is 1.44 bits per heavy atom. The van der Waals surface area contributed by atoms with Crippen molar-refractivity contribution in [2.45, 2.75) is 32.7 Å². The van der Waals surface area contributed by atoms with Crippen LogP contribution in [0.1, 0.15) is 26.7 Å². The highest BCUT2D eigenvalue weighted by molar-refractivity contribution is 5.74. The second-order valence-corrected chi connectivity index (χ2v) is 5.88. The fourth-order valence-corrected chi connectivity index (χ4v) is 2.69.